The normalized spacial score (nSPS) is 13.0. The average Bonchev–Trinajstić information content (AvgIpc) is 2.92. The van der Waals surface area contributed by atoms with Gasteiger partial charge in [0, 0.05) is 10.4 Å². The fraction of sp³-hybridized carbons (Fsp3) is 0.0500. The van der Waals surface area contributed by atoms with Crippen LogP contribution in [0.15, 0.2) is 54.6 Å². The van der Waals surface area contributed by atoms with E-state index in [0.29, 0.717) is 26.6 Å². The third-order valence-corrected chi connectivity index (χ3v) is 4.72. The highest BCUT2D eigenvalue weighted by molar-refractivity contribution is 6.38. The second kappa shape index (κ2) is 6.41. The lowest BCUT2D eigenvalue weighted by Crippen LogP contribution is -2.45. The van der Waals surface area contributed by atoms with Crippen molar-refractivity contribution in [2.45, 2.75) is 0 Å². The molecule has 134 valence electrons. The van der Waals surface area contributed by atoms with Crippen LogP contribution in [0, 0.1) is 0 Å². The van der Waals surface area contributed by atoms with Crippen molar-refractivity contribution in [3.63, 3.8) is 0 Å². The summed E-state index contributed by atoms with van der Waals surface area (Å²) in [5.74, 6) is -1.53. The molecule has 0 unspecified atom stereocenters. The monoisotopic (exact) mass is 380 g/mol. The van der Waals surface area contributed by atoms with Crippen LogP contribution >= 0.6 is 11.6 Å². The molecule has 0 aliphatic carbocycles. The van der Waals surface area contributed by atoms with E-state index in [2.05, 4.69) is 5.43 Å². The quantitative estimate of drug-likeness (QED) is 0.706. The lowest BCUT2D eigenvalue weighted by atomic mass is 10.0. The second-order valence-electron chi connectivity index (χ2n) is 5.91. The fourth-order valence-corrected chi connectivity index (χ4v) is 3.42. The molecule has 7 heteroatoms. The van der Waals surface area contributed by atoms with Crippen LogP contribution < -0.4 is 10.2 Å². The summed E-state index contributed by atoms with van der Waals surface area (Å²) in [4.78, 5) is 38.2. The van der Waals surface area contributed by atoms with Gasteiger partial charge < -0.3 is 4.74 Å². The van der Waals surface area contributed by atoms with Crippen LogP contribution in [0.25, 0.3) is 10.8 Å². The van der Waals surface area contributed by atoms with E-state index in [9.17, 15) is 14.4 Å². The number of benzene rings is 3. The highest BCUT2D eigenvalue weighted by Crippen LogP contribution is 2.34. The number of halogens is 1. The number of nitrogens with zero attached hydrogens (tertiary/aromatic N) is 1. The van der Waals surface area contributed by atoms with Crippen molar-refractivity contribution in [2.24, 2.45) is 0 Å². The van der Waals surface area contributed by atoms with Gasteiger partial charge in [0.2, 0.25) is 0 Å². The predicted octanol–water partition coefficient (Wildman–Crippen LogP) is 3.44. The minimum atomic E-state index is -0.633. The molecule has 0 saturated heterocycles. The van der Waals surface area contributed by atoms with E-state index >= 15 is 0 Å². The van der Waals surface area contributed by atoms with E-state index in [4.69, 9.17) is 16.3 Å². The number of nitrogens with one attached hydrogen (secondary N) is 1. The van der Waals surface area contributed by atoms with E-state index in [1.54, 1.807) is 48.5 Å². The Kier molecular flexibility index (Phi) is 4.05. The van der Waals surface area contributed by atoms with E-state index in [1.165, 1.54) is 13.2 Å². The van der Waals surface area contributed by atoms with E-state index in [-0.39, 0.29) is 16.7 Å². The van der Waals surface area contributed by atoms with Crippen molar-refractivity contribution in [3.05, 3.63) is 76.3 Å². The van der Waals surface area contributed by atoms with Crippen molar-refractivity contribution in [1.82, 2.24) is 10.4 Å². The summed E-state index contributed by atoms with van der Waals surface area (Å²) >= 11 is 6.26. The van der Waals surface area contributed by atoms with Crippen molar-refractivity contribution in [2.75, 3.05) is 7.11 Å². The highest BCUT2D eigenvalue weighted by Gasteiger charge is 2.39. The molecule has 3 amide bonds. The number of methoxy groups -OCH3 is 1. The number of amides is 3. The molecule has 0 radical (unpaired) electrons. The number of hydrazine groups is 1. The molecule has 3 aromatic rings. The van der Waals surface area contributed by atoms with E-state index in [1.807, 2.05) is 0 Å². The summed E-state index contributed by atoms with van der Waals surface area (Å²) in [6.07, 6.45) is 0. The van der Waals surface area contributed by atoms with Crippen LogP contribution in [0.4, 0.5) is 0 Å². The van der Waals surface area contributed by atoms with Crippen LogP contribution in [-0.4, -0.2) is 29.8 Å². The molecule has 0 fully saturated rings. The number of para-hydroxylation sites is 1. The summed E-state index contributed by atoms with van der Waals surface area (Å²) < 4.78 is 5.15. The largest absolute Gasteiger partial charge is 0.496 e. The summed E-state index contributed by atoms with van der Waals surface area (Å²) in [6.45, 7) is 0. The average molecular weight is 381 g/mol. The van der Waals surface area contributed by atoms with Crippen LogP contribution in [0.5, 0.6) is 5.75 Å². The van der Waals surface area contributed by atoms with Gasteiger partial charge in [-0.1, -0.05) is 48.0 Å². The van der Waals surface area contributed by atoms with Gasteiger partial charge in [-0.15, -0.1) is 0 Å². The summed E-state index contributed by atoms with van der Waals surface area (Å²) in [6, 6.07) is 15.0. The zero-order valence-electron chi connectivity index (χ0n) is 14.2. The zero-order chi connectivity index (χ0) is 19.1. The van der Waals surface area contributed by atoms with Gasteiger partial charge in [-0.05, 0) is 23.6 Å². The first-order valence-corrected chi connectivity index (χ1v) is 8.44. The SMILES string of the molecule is COc1ccccc1C(=O)NN1C(=O)c2cc(Cl)c3ccccc3c2C1=O. The Hall–Kier alpha value is -3.38. The minimum absolute atomic E-state index is 0.157. The Morgan fingerprint density at radius 2 is 1.67 bits per heavy atom. The summed E-state index contributed by atoms with van der Waals surface area (Å²) in [5, 5.41) is 2.30. The topological polar surface area (TPSA) is 75.7 Å². The lowest BCUT2D eigenvalue weighted by Gasteiger charge is -2.16. The molecule has 6 nitrogen and oxygen atoms in total. The Morgan fingerprint density at radius 3 is 2.41 bits per heavy atom. The molecule has 1 N–H and O–H groups in total. The first-order valence-electron chi connectivity index (χ1n) is 8.07. The van der Waals surface area contributed by atoms with Crippen LogP contribution in [0.3, 0.4) is 0 Å². The molecule has 0 aromatic heterocycles. The standard InChI is InChI=1S/C20H13ClN2O4/c1-27-16-9-5-4-8-13(16)18(24)22-23-19(25)14-10-15(21)11-6-2-3-7-12(11)17(14)20(23)26/h2-10H,1H3,(H,22,24). The molecular weight excluding hydrogens is 368 g/mol. The van der Waals surface area contributed by atoms with E-state index in [0.717, 1.165) is 0 Å². The van der Waals surface area contributed by atoms with Gasteiger partial charge in [0.05, 0.1) is 23.8 Å². The zero-order valence-corrected chi connectivity index (χ0v) is 14.9. The summed E-state index contributed by atoms with van der Waals surface area (Å²) in [5.41, 5.74) is 2.96. The van der Waals surface area contributed by atoms with Gasteiger partial charge in [-0.2, -0.15) is 5.01 Å². The van der Waals surface area contributed by atoms with Crippen LogP contribution in [-0.2, 0) is 0 Å². The number of imide groups is 1. The molecule has 0 bridgehead atoms. The number of hydrogen-bond donors (Lipinski definition) is 1. The van der Waals surface area contributed by atoms with Crippen LogP contribution in [0.1, 0.15) is 31.1 Å². The fourth-order valence-electron chi connectivity index (χ4n) is 3.15. The number of rotatable bonds is 3. The molecule has 0 atom stereocenters. The maximum Gasteiger partial charge on any atom is 0.281 e. The Bertz CT molecular complexity index is 1130. The molecule has 1 heterocycles. The Morgan fingerprint density at radius 1 is 1.00 bits per heavy atom. The smallest absolute Gasteiger partial charge is 0.281 e. The molecule has 0 spiro atoms. The molecule has 3 aromatic carbocycles. The number of hydrogen-bond acceptors (Lipinski definition) is 4. The summed E-state index contributed by atoms with van der Waals surface area (Å²) in [7, 11) is 1.43. The Labute approximate surface area is 159 Å². The number of fused-ring (bicyclic) bond motifs is 3. The Balaban J connectivity index is 1.74. The van der Waals surface area contributed by atoms with Crippen LogP contribution in [0.2, 0.25) is 5.02 Å². The van der Waals surface area contributed by atoms with Gasteiger partial charge >= 0.3 is 0 Å². The first kappa shape index (κ1) is 17.1. The second-order valence-corrected chi connectivity index (χ2v) is 6.32. The highest BCUT2D eigenvalue weighted by atomic mass is 35.5. The van der Waals surface area contributed by atoms with Crippen molar-refractivity contribution >= 4 is 40.1 Å². The number of carbonyl (C=O) groups excluding carboxylic acids is 3. The third-order valence-electron chi connectivity index (χ3n) is 4.41. The van der Waals surface area contributed by atoms with Gasteiger partial charge in [0.15, 0.2) is 0 Å². The molecule has 1 aliphatic heterocycles. The van der Waals surface area contributed by atoms with Gasteiger partial charge in [-0.3, -0.25) is 19.8 Å². The third kappa shape index (κ3) is 2.62. The van der Waals surface area contributed by atoms with Gasteiger partial charge in [0.1, 0.15) is 5.75 Å². The molecule has 27 heavy (non-hydrogen) atoms. The van der Waals surface area contributed by atoms with Crippen molar-refractivity contribution in [3.8, 4) is 5.75 Å². The predicted molar refractivity (Wildman–Crippen MR) is 99.9 cm³/mol. The van der Waals surface area contributed by atoms with Crippen molar-refractivity contribution < 1.29 is 19.1 Å². The van der Waals surface area contributed by atoms with Gasteiger partial charge in [0.25, 0.3) is 17.7 Å². The minimum Gasteiger partial charge on any atom is -0.496 e. The lowest BCUT2D eigenvalue weighted by molar-refractivity contribution is 0.0517. The molecule has 4 rings (SSSR count). The van der Waals surface area contributed by atoms with Gasteiger partial charge in [-0.25, -0.2) is 0 Å². The maximum atomic E-state index is 12.9. The van der Waals surface area contributed by atoms with Crippen molar-refractivity contribution in [1.29, 1.82) is 0 Å². The first-order chi connectivity index (χ1) is 13.0. The molecule has 1 aliphatic rings. The molecule has 0 saturated carbocycles. The number of carbonyl (C=O) groups is 3. The molecular formula is C20H13ClN2O4. The maximum absolute atomic E-state index is 12.9. The van der Waals surface area contributed by atoms with E-state index < -0.39 is 17.7 Å². The number of ether oxygens (including phenoxy) is 1.